The molecule has 0 aromatic heterocycles. The van der Waals surface area contributed by atoms with E-state index < -0.39 is 7.32 Å². The molecule has 0 saturated heterocycles. The van der Waals surface area contributed by atoms with Crippen LogP contribution >= 0.6 is 0 Å². The maximum atomic E-state index is 7.96. The van der Waals surface area contributed by atoms with Gasteiger partial charge >= 0.3 is 7.32 Å². The van der Waals surface area contributed by atoms with Gasteiger partial charge in [-0.15, -0.1) is 0 Å². The highest BCUT2D eigenvalue weighted by molar-refractivity contribution is 6.40. The smallest absolute Gasteiger partial charge is 0.489 e. The van der Waals surface area contributed by atoms with Crippen LogP contribution in [-0.2, 0) is 0 Å². The van der Waals surface area contributed by atoms with Crippen molar-refractivity contribution in [1.82, 2.24) is 0 Å². The second-order valence-corrected chi connectivity index (χ2v) is 27.1. The monoisotopic (exact) mass is 1230 g/mol. The molecule has 468 valence electrons. The van der Waals surface area contributed by atoms with Crippen LogP contribution in [0.4, 0.5) is 0 Å². The van der Waals surface area contributed by atoms with Gasteiger partial charge in [0.2, 0.25) is 0 Å². The van der Waals surface area contributed by atoms with Crippen molar-refractivity contribution in [2.24, 2.45) is 0 Å². The van der Waals surface area contributed by atoms with Crippen molar-refractivity contribution in [2.75, 3.05) is 0 Å². The first kappa shape index (κ1) is 64.2. The third-order valence-electron chi connectivity index (χ3n) is 19.1. The van der Waals surface area contributed by atoms with Crippen LogP contribution in [0.5, 0.6) is 17.2 Å². The molecule has 0 N–H and O–H groups in total. The Morgan fingerprint density at radius 2 is 0.309 bits per heavy atom. The first-order chi connectivity index (χ1) is 45.0. The Labute approximate surface area is 560 Å². The zero-order valence-electron chi connectivity index (χ0n) is 58.4. The minimum absolute atomic E-state index is 0.615. The van der Waals surface area contributed by atoms with Crippen molar-refractivity contribution < 1.29 is 14.0 Å². The SMILES string of the molecule is Cc1ccc(-c2ccc(OB(Oc3ccc(-c4ccc(C)cc4C)c(-c4ccc(C)cc4C)c3-c3ccc(C)cc3C)Oc3ccc(-c4ccc(C)cc4C)c(-c4ccc(C)cc4C)c3-c3ccc(C)cc3C)c(-c3ccc(C)cc3C)c2-c2ccc(C)cc2C)c(C)c1. The molecule has 0 fully saturated rings. The van der Waals surface area contributed by atoms with E-state index in [0.717, 1.165) is 117 Å². The summed E-state index contributed by atoms with van der Waals surface area (Å²) in [6.45, 7) is 39.5. The van der Waals surface area contributed by atoms with Gasteiger partial charge in [-0.1, -0.05) is 232 Å². The van der Waals surface area contributed by atoms with E-state index >= 15 is 0 Å². The Balaban J connectivity index is 1.21. The molecule has 0 spiro atoms. The molecule has 0 saturated carbocycles. The predicted octanol–water partition coefficient (Wildman–Crippen LogP) is 24.8. The van der Waals surface area contributed by atoms with E-state index in [1.807, 2.05) is 0 Å². The van der Waals surface area contributed by atoms with E-state index in [-0.39, 0.29) is 0 Å². The second kappa shape index (κ2) is 26.2. The van der Waals surface area contributed by atoms with Crippen LogP contribution in [0.1, 0.15) is 100 Å². The second-order valence-electron chi connectivity index (χ2n) is 27.1. The minimum atomic E-state index is -1.41. The zero-order valence-corrected chi connectivity index (χ0v) is 58.4. The fraction of sp³-hybridized carbons (Fsp3) is 0.200. The van der Waals surface area contributed by atoms with Crippen LogP contribution < -0.4 is 14.0 Å². The molecule has 0 amide bonds. The molecule has 12 aromatic carbocycles. The molecular weight excluding hydrogens is 1140 g/mol. The lowest BCUT2D eigenvalue weighted by Crippen LogP contribution is -2.37. The molecule has 0 aliphatic heterocycles. The predicted molar refractivity (Wildman–Crippen MR) is 401 cm³/mol. The van der Waals surface area contributed by atoms with Gasteiger partial charge in [-0.25, -0.2) is 0 Å². The van der Waals surface area contributed by atoms with E-state index in [1.54, 1.807) is 0 Å². The number of hydrogen-bond donors (Lipinski definition) is 0. The van der Waals surface area contributed by atoms with Crippen molar-refractivity contribution in [3.63, 3.8) is 0 Å². The van der Waals surface area contributed by atoms with Gasteiger partial charge in [0.25, 0.3) is 0 Å². The molecule has 12 aromatic rings. The van der Waals surface area contributed by atoms with Gasteiger partial charge in [0.1, 0.15) is 17.2 Å². The standard InChI is InChI=1S/C90H87BO3/c1-52-19-28-70(61(10)43-52)79-37-40-82(88(76-34-25-58(7)49-67(76)16)85(79)73-31-22-55(4)46-64(73)13)92-91(93-83-41-38-80(71-29-20-53(2)44-62(71)11)86(74-32-23-56(5)47-65(74)14)89(83)77-35-26-59(8)50-68(77)17)94-84-42-39-81(72-30-21-54(3)45-63(72)12)87(75-33-24-57(6)48-66(75)15)90(84)78-36-27-60(9)51-69(78)18/h19-51H,1-18H3. The maximum Gasteiger partial charge on any atom is 0.864 e. The number of rotatable bonds is 15. The van der Waals surface area contributed by atoms with E-state index in [4.69, 9.17) is 14.0 Å². The largest absolute Gasteiger partial charge is 0.864 e. The zero-order chi connectivity index (χ0) is 66.5. The first-order valence-electron chi connectivity index (χ1n) is 33.2. The third kappa shape index (κ3) is 12.7. The summed E-state index contributed by atoms with van der Waals surface area (Å²) in [6.07, 6.45) is 0. The summed E-state index contributed by atoms with van der Waals surface area (Å²) in [5.74, 6) is 1.85. The lowest BCUT2D eigenvalue weighted by atomic mass is 9.82. The Morgan fingerprint density at radius 1 is 0.160 bits per heavy atom. The van der Waals surface area contributed by atoms with Gasteiger partial charge in [-0.2, -0.15) is 0 Å². The van der Waals surface area contributed by atoms with Crippen LogP contribution in [0.2, 0.25) is 0 Å². The summed E-state index contributed by atoms with van der Waals surface area (Å²) >= 11 is 0. The summed E-state index contributed by atoms with van der Waals surface area (Å²) in [5.41, 5.74) is 40.6. The highest BCUT2D eigenvalue weighted by Gasteiger charge is 2.38. The molecule has 0 heterocycles. The van der Waals surface area contributed by atoms with Gasteiger partial charge in [-0.3, -0.25) is 0 Å². The molecule has 0 bridgehead atoms. The average molecular weight is 1230 g/mol. The molecule has 4 heteroatoms. The number of aryl methyl sites for hydroxylation is 18. The van der Waals surface area contributed by atoms with Crippen molar-refractivity contribution in [2.45, 2.75) is 125 Å². The summed E-state index contributed by atoms with van der Waals surface area (Å²) in [5, 5.41) is 0. The molecule has 94 heavy (non-hydrogen) atoms. The van der Waals surface area contributed by atoms with Crippen molar-refractivity contribution >= 4 is 7.32 Å². The highest BCUT2D eigenvalue weighted by atomic mass is 16.7. The number of benzene rings is 12. The molecular formula is C90H87BO3. The molecule has 0 aliphatic carbocycles. The van der Waals surface area contributed by atoms with Crippen LogP contribution in [0.25, 0.3) is 100 Å². The van der Waals surface area contributed by atoms with E-state index in [9.17, 15) is 0 Å². The van der Waals surface area contributed by atoms with Gasteiger partial charge in [0, 0.05) is 33.4 Å². The lowest BCUT2D eigenvalue weighted by molar-refractivity contribution is 0.309. The summed E-state index contributed by atoms with van der Waals surface area (Å²) < 4.78 is 23.9. The van der Waals surface area contributed by atoms with Crippen LogP contribution in [0.15, 0.2) is 200 Å². The quantitative estimate of drug-likeness (QED) is 0.0958. The van der Waals surface area contributed by atoms with Gasteiger partial charge in [0.15, 0.2) is 0 Å². The van der Waals surface area contributed by atoms with Crippen molar-refractivity contribution in [1.29, 1.82) is 0 Å². The molecule has 0 atom stereocenters. The van der Waals surface area contributed by atoms with Crippen molar-refractivity contribution in [3.05, 3.63) is 300 Å². The maximum absolute atomic E-state index is 7.96. The fourth-order valence-corrected chi connectivity index (χ4v) is 14.7. The van der Waals surface area contributed by atoms with Crippen LogP contribution in [0.3, 0.4) is 0 Å². The molecule has 0 unspecified atom stereocenters. The summed E-state index contributed by atoms with van der Waals surface area (Å²) in [7, 11) is -1.41. The van der Waals surface area contributed by atoms with E-state index in [2.05, 4.69) is 325 Å². The summed E-state index contributed by atoms with van der Waals surface area (Å²) in [6, 6.07) is 74.3. The molecule has 12 rings (SSSR count). The molecule has 3 nitrogen and oxygen atoms in total. The minimum Gasteiger partial charge on any atom is -0.489 e. The fourth-order valence-electron chi connectivity index (χ4n) is 14.7. The Bertz CT molecular complexity index is 4480. The number of hydrogen-bond acceptors (Lipinski definition) is 3. The Hall–Kier alpha value is -9.90. The highest BCUT2D eigenvalue weighted by Crippen LogP contribution is 2.53. The normalized spacial score (nSPS) is 11.3. The van der Waals surface area contributed by atoms with Gasteiger partial charge < -0.3 is 14.0 Å². The van der Waals surface area contributed by atoms with Crippen LogP contribution in [0, 0.1) is 125 Å². The average Bonchev–Trinajstić information content (AvgIpc) is 0.759. The van der Waals surface area contributed by atoms with Gasteiger partial charge in [-0.05, 0) is 260 Å². The van der Waals surface area contributed by atoms with Gasteiger partial charge in [0.05, 0.1) is 0 Å². The van der Waals surface area contributed by atoms with Crippen LogP contribution in [-0.4, -0.2) is 7.32 Å². The van der Waals surface area contributed by atoms with E-state index in [0.29, 0.717) is 17.2 Å². The first-order valence-corrected chi connectivity index (χ1v) is 33.2. The summed E-state index contributed by atoms with van der Waals surface area (Å²) in [4.78, 5) is 0. The molecule has 0 aliphatic rings. The Morgan fingerprint density at radius 3 is 0.479 bits per heavy atom. The third-order valence-corrected chi connectivity index (χ3v) is 19.1. The molecule has 0 radical (unpaired) electrons. The topological polar surface area (TPSA) is 27.7 Å². The lowest BCUT2D eigenvalue weighted by Gasteiger charge is -2.28. The van der Waals surface area contributed by atoms with E-state index in [1.165, 1.54) is 83.5 Å². The Kier molecular flexibility index (Phi) is 17.9. The van der Waals surface area contributed by atoms with Crippen molar-refractivity contribution in [3.8, 4) is 117 Å².